The number of carbonyl (C=O) groups excluding carboxylic acids is 1. The molecule has 2 aromatic carbocycles. The smallest absolute Gasteiger partial charge is 0.325 e. The number of aryl methyl sites for hydroxylation is 2. The molecule has 0 atom stereocenters. The number of thioether (sulfide) groups is 1. The maximum absolute atomic E-state index is 13.2. The average molecular weight is 490 g/mol. The standard InChI is InChI=1S/C23H18F3N3O2S2/c1-13-9-14(2)11-15(10-13)29-21(31)20-18(7-8-32-20)28-22(29)33-12-19(30)27-17-6-4-3-5-16(17)23(24,25)26/h3-11H,12H2,1-2H3,(H,27,30). The van der Waals surface area contributed by atoms with Crippen LogP contribution in [0.5, 0.6) is 0 Å². The Morgan fingerprint density at radius 2 is 1.82 bits per heavy atom. The molecule has 10 heteroatoms. The molecule has 0 aliphatic carbocycles. The summed E-state index contributed by atoms with van der Waals surface area (Å²) in [5, 5.41) is 4.37. The number of fused-ring (bicyclic) bond motifs is 1. The first-order valence-corrected chi connectivity index (χ1v) is 11.7. The average Bonchev–Trinajstić information content (AvgIpc) is 3.20. The predicted octanol–water partition coefficient (Wildman–Crippen LogP) is 5.81. The number of nitrogens with one attached hydrogen (secondary N) is 1. The number of alkyl halides is 3. The first-order chi connectivity index (χ1) is 15.6. The number of nitrogens with zero attached hydrogens (tertiary/aromatic N) is 2. The van der Waals surface area contributed by atoms with Crippen LogP contribution in [-0.2, 0) is 11.0 Å². The SMILES string of the molecule is Cc1cc(C)cc(-n2c(SCC(=O)Nc3ccccc3C(F)(F)F)nc3ccsc3c2=O)c1. The molecule has 0 bridgehead atoms. The normalized spacial score (nSPS) is 11.7. The van der Waals surface area contributed by atoms with E-state index in [9.17, 15) is 22.8 Å². The van der Waals surface area contributed by atoms with Crippen molar-refractivity contribution in [2.75, 3.05) is 11.1 Å². The Hall–Kier alpha value is -3.11. The van der Waals surface area contributed by atoms with Crippen LogP contribution >= 0.6 is 23.1 Å². The Bertz CT molecular complexity index is 1390. The molecule has 0 unspecified atom stereocenters. The molecule has 4 rings (SSSR count). The van der Waals surface area contributed by atoms with Gasteiger partial charge in [-0.25, -0.2) is 4.98 Å². The first-order valence-electron chi connectivity index (χ1n) is 9.81. The third kappa shape index (κ3) is 4.96. The van der Waals surface area contributed by atoms with E-state index in [-0.39, 0.29) is 22.2 Å². The van der Waals surface area contributed by atoms with Gasteiger partial charge in [0, 0.05) is 0 Å². The van der Waals surface area contributed by atoms with E-state index >= 15 is 0 Å². The maximum Gasteiger partial charge on any atom is 0.418 e. The van der Waals surface area contributed by atoms with Crippen molar-refractivity contribution in [3.63, 3.8) is 0 Å². The highest BCUT2D eigenvalue weighted by Gasteiger charge is 2.33. The summed E-state index contributed by atoms with van der Waals surface area (Å²) in [6, 6.07) is 12.2. The minimum absolute atomic E-state index is 0.223. The molecule has 0 spiro atoms. The van der Waals surface area contributed by atoms with Gasteiger partial charge in [0.15, 0.2) is 5.16 Å². The molecule has 0 aliphatic heterocycles. The van der Waals surface area contributed by atoms with Gasteiger partial charge in [-0.2, -0.15) is 13.2 Å². The van der Waals surface area contributed by atoms with E-state index in [0.717, 1.165) is 29.0 Å². The number of aromatic nitrogens is 2. The van der Waals surface area contributed by atoms with Crippen molar-refractivity contribution in [2.45, 2.75) is 25.2 Å². The number of benzene rings is 2. The Morgan fingerprint density at radius 3 is 2.52 bits per heavy atom. The molecule has 2 heterocycles. The number of para-hydroxylation sites is 1. The third-order valence-electron chi connectivity index (χ3n) is 4.75. The molecule has 0 radical (unpaired) electrons. The van der Waals surface area contributed by atoms with Gasteiger partial charge in [-0.1, -0.05) is 30.0 Å². The molecule has 0 fully saturated rings. The van der Waals surface area contributed by atoms with Crippen molar-refractivity contribution in [2.24, 2.45) is 0 Å². The fourth-order valence-electron chi connectivity index (χ4n) is 3.45. The summed E-state index contributed by atoms with van der Waals surface area (Å²) >= 11 is 2.27. The van der Waals surface area contributed by atoms with Crippen LogP contribution in [0, 0.1) is 13.8 Å². The van der Waals surface area contributed by atoms with Crippen LogP contribution in [0.4, 0.5) is 18.9 Å². The van der Waals surface area contributed by atoms with Gasteiger partial charge in [0.25, 0.3) is 5.56 Å². The molecular weight excluding hydrogens is 471 g/mol. The second kappa shape index (κ2) is 9.03. The highest BCUT2D eigenvalue weighted by molar-refractivity contribution is 7.99. The van der Waals surface area contributed by atoms with Crippen molar-refractivity contribution in [3.05, 3.63) is 81.0 Å². The number of amides is 1. The zero-order chi connectivity index (χ0) is 23.8. The van der Waals surface area contributed by atoms with Crippen LogP contribution in [0.1, 0.15) is 16.7 Å². The second-order valence-corrected chi connectivity index (χ2v) is 9.25. The minimum Gasteiger partial charge on any atom is -0.325 e. The fraction of sp³-hybridized carbons (Fsp3) is 0.174. The monoisotopic (exact) mass is 489 g/mol. The predicted molar refractivity (Wildman–Crippen MR) is 125 cm³/mol. The number of thiophene rings is 1. The number of rotatable bonds is 5. The van der Waals surface area contributed by atoms with Crippen molar-refractivity contribution in [1.82, 2.24) is 9.55 Å². The summed E-state index contributed by atoms with van der Waals surface area (Å²) in [6.45, 7) is 3.83. The lowest BCUT2D eigenvalue weighted by Gasteiger charge is -2.15. The molecular formula is C23H18F3N3O2S2. The van der Waals surface area contributed by atoms with Gasteiger partial charge in [0.05, 0.1) is 28.2 Å². The molecule has 1 amide bonds. The van der Waals surface area contributed by atoms with Crippen LogP contribution in [0.25, 0.3) is 15.9 Å². The summed E-state index contributed by atoms with van der Waals surface area (Å²) in [6.07, 6.45) is -4.59. The van der Waals surface area contributed by atoms with E-state index in [1.54, 1.807) is 11.4 Å². The Morgan fingerprint density at radius 1 is 1.12 bits per heavy atom. The van der Waals surface area contributed by atoms with Gasteiger partial charge >= 0.3 is 6.18 Å². The van der Waals surface area contributed by atoms with Crippen molar-refractivity contribution < 1.29 is 18.0 Å². The summed E-state index contributed by atoms with van der Waals surface area (Å²) in [7, 11) is 0. The molecule has 1 N–H and O–H groups in total. The molecule has 0 saturated carbocycles. The number of hydrogen-bond acceptors (Lipinski definition) is 5. The lowest BCUT2D eigenvalue weighted by molar-refractivity contribution is -0.137. The van der Waals surface area contributed by atoms with Crippen molar-refractivity contribution in [3.8, 4) is 5.69 Å². The minimum atomic E-state index is -4.59. The largest absolute Gasteiger partial charge is 0.418 e. The van der Waals surface area contributed by atoms with Gasteiger partial charge in [0.2, 0.25) is 5.91 Å². The van der Waals surface area contributed by atoms with E-state index in [2.05, 4.69) is 10.3 Å². The number of hydrogen-bond donors (Lipinski definition) is 1. The van der Waals surface area contributed by atoms with Gasteiger partial charge in [-0.05, 0) is 60.7 Å². The quantitative estimate of drug-likeness (QED) is 0.284. The number of anilines is 1. The summed E-state index contributed by atoms with van der Waals surface area (Å²) < 4.78 is 41.6. The maximum atomic E-state index is 13.2. The first kappa shape index (κ1) is 23.1. The van der Waals surface area contributed by atoms with E-state index in [0.29, 0.717) is 15.9 Å². The Labute approximate surface area is 195 Å². The van der Waals surface area contributed by atoms with Gasteiger partial charge in [-0.3, -0.25) is 14.2 Å². The van der Waals surface area contributed by atoms with Crippen LogP contribution in [0.15, 0.2) is 63.9 Å². The van der Waals surface area contributed by atoms with Crippen molar-refractivity contribution >= 4 is 44.9 Å². The fourth-order valence-corrected chi connectivity index (χ4v) is 5.02. The molecule has 0 aliphatic rings. The van der Waals surface area contributed by atoms with E-state index < -0.39 is 17.6 Å². The lowest BCUT2D eigenvalue weighted by atomic mass is 10.1. The van der Waals surface area contributed by atoms with Crippen LogP contribution in [0.3, 0.4) is 0 Å². The van der Waals surface area contributed by atoms with Gasteiger partial charge in [-0.15, -0.1) is 11.3 Å². The molecule has 4 aromatic rings. The molecule has 2 aromatic heterocycles. The van der Waals surface area contributed by atoms with Crippen LogP contribution < -0.4 is 10.9 Å². The third-order valence-corrected chi connectivity index (χ3v) is 6.58. The summed E-state index contributed by atoms with van der Waals surface area (Å²) in [5.41, 5.74) is 1.55. The summed E-state index contributed by atoms with van der Waals surface area (Å²) in [4.78, 5) is 30.3. The number of carbonyl (C=O) groups is 1. The Kier molecular flexibility index (Phi) is 6.31. The summed E-state index contributed by atoms with van der Waals surface area (Å²) in [5.74, 6) is -0.859. The molecule has 0 saturated heterocycles. The molecule has 170 valence electrons. The second-order valence-electron chi connectivity index (χ2n) is 7.40. The van der Waals surface area contributed by atoms with E-state index in [4.69, 9.17) is 0 Å². The van der Waals surface area contributed by atoms with E-state index in [1.165, 1.54) is 34.1 Å². The zero-order valence-corrected chi connectivity index (χ0v) is 19.2. The van der Waals surface area contributed by atoms with Crippen LogP contribution in [0.2, 0.25) is 0 Å². The van der Waals surface area contributed by atoms with E-state index in [1.807, 2.05) is 32.0 Å². The highest BCUT2D eigenvalue weighted by Crippen LogP contribution is 2.34. The topological polar surface area (TPSA) is 64.0 Å². The van der Waals surface area contributed by atoms with Crippen LogP contribution in [-0.4, -0.2) is 21.2 Å². The van der Waals surface area contributed by atoms with Crippen molar-refractivity contribution in [1.29, 1.82) is 0 Å². The number of halogens is 3. The highest BCUT2D eigenvalue weighted by atomic mass is 32.2. The Balaban J connectivity index is 1.66. The molecule has 5 nitrogen and oxygen atoms in total. The lowest BCUT2D eigenvalue weighted by Crippen LogP contribution is -2.22. The van der Waals surface area contributed by atoms with Gasteiger partial charge < -0.3 is 5.32 Å². The van der Waals surface area contributed by atoms with Gasteiger partial charge in [0.1, 0.15) is 4.70 Å². The molecule has 33 heavy (non-hydrogen) atoms. The zero-order valence-electron chi connectivity index (χ0n) is 17.6.